The van der Waals surface area contributed by atoms with Crippen molar-refractivity contribution in [3.05, 3.63) is 23.8 Å². The molecule has 5 heteroatoms. The van der Waals surface area contributed by atoms with E-state index in [-0.39, 0.29) is 0 Å². The Bertz CT molecular complexity index is 584. The molecule has 0 aromatic heterocycles. The van der Waals surface area contributed by atoms with E-state index in [9.17, 15) is 0 Å². The highest BCUT2D eigenvalue weighted by Crippen LogP contribution is 2.43. The van der Waals surface area contributed by atoms with E-state index >= 15 is 0 Å². The topological polar surface area (TPSA) is 34.2 Å². The van der Waals surface area contributed by atoms with Crippen molar-refractivity contribution in [2.75, 3.05) is 47.2 Å². The second-order valence-corrected chi connectivity index (χ2v) is 7.69. The molecule has 0 bridgehead atoms. The molecule has 3 heterocycles. The van der Waals surface area contributed by atoms with E-state index in [1.165, 1.54) is 44.5 Å². The van der Waals surface area contributed by atoms with Gasteiger partial charge in [-0.25, -0.2) is 0 Å². The first-order valence-electron chi connectivity index (χ1n) is 8.98. The Hall–Kier alpha value is -1.30. The van der Waals surface area contributed by atoms with E-state index in [1.54, 1.807) is 0 Å². The van der Waals surface area contributed by atoms with Crippen molar-refractivity contribution in [3.8, 4) is 11.5 Å². The molecule has 0 unspecified atom stereocenters. The number of likely N-dealkylation sites (tertiary alicyclic amines) is 2. The molecular formula is C19H28N2O3. The molecule has 1 aromatic rings. The Balaban J connectivity index is 1.33. The van der Waals surface area contributed by atoms with Gasteiger partial charge in [-0.2, -0.15) is 0 Å². The number of likely N-dealkylation sites (N-methyl/N-ethyl adjacent to an activating group) is 1. The number of fused-ring (bicyclic) bond motifs is 1. The van der Waals surface area contributed by atoms with Gasteiger partial charge in [0.15, 0.2) is 11.5 Å². The molecule has 2 saturated heterocycles. The fourth-order valence-electron chi connectivity index (χ4n) is 4.60. The predicted molar refractivity (Wildman–Crippen MR) is 92.4 cm³/mol. The largest absolute Gasteiger partial charge is 0.454 e. The van der Waals surface area contributed by atoms with E-state index in [0.717, 1.165) is 24.7 Å². The molecule has 1 aromatic carbocycles. The molecule has 0 saturated carbocycles. The van der Waals surface area contributed by atoms with Crippen molar-refractivity contribution < 1.29 is 14.2 Å². The van der Waals surface area contributed by atoms with Gasteiger partial charge in [0, 0.05) is 26.2 Å². The van der Waals surface area contributed by atoms with Gasteiger partial charge in [0.2, 0.25) is 6.79 Å². The third-order valence-electron chi connectivity index (χ3n) is 6.00. The van der Waals surface area contributed by atoms with Crippen LogP contribution in [0.1, 0.15) is 24.8 Å². The molecule has 4 rings (SSSR count). The summed E-state index contributed by atoms with van der Waals surface area (Å²) in [6, 6.07) is 6.92. The highest BCUT2D eigenvalue weighted by atomic mass is 16.7. The molecular weight excluding hydrogens is 304 g/mol. The number of hydrogen-bond donors (Lipinski definition) is 0. The van der Waals surface area contributed by atoms with Crippen LogP contribution in [-0.2, 0) is 11.3 Å². The Labute approximate surface area is 144 Å². The van der Waals surface area contributed by atoms with Crippen molar-refractivity contribution >= 4 is 0 Å². The number of rotatable bonds is 4. The number of methoxy groups -OCH3 is 1. The summed E-state index contributed by atoms with van der Waals surface area (Å²) in [6.45, 7) is 5.80. The molecule has 0 amide bonds. The van der Waals surface area contributed by atoms with Crippen LogP contribution in [0.15, 0.2) is 18.2 Å². The zero-order valence-electron chi connectivity index (χ0n) is 14.8. The smallest absolute Gasteiger partial charge is 0.231 e. The van der Waals surface area contributed by atoms with Gasteiger partial charge >= 0.3 is 0 Å². The third kappa shape index (κ3) is 3.13. The van der Waals surface area contributed by atoms with Gasteiger partial charge in [0.1, 0.15) is 0 Å². The molecule has 0 aliphatic carbocycles. The number of hydrogen-bond acceptors (Lipinski definition) is 5. The van der Waals surface area contributed by atoms with Crippen LogP contribution in [-0.4, -0.2) is 63.0 Å². The Morgan fingerprint density at radius 3 is 2.79 bits per heavy atom. The zero-order valence-corrected chi connectivity index (χ0v) is 14.8. The summed E-state index contributed by atoms with van der Waals surface area (Å²) in [4.78, 5) is 5.07. The molecule has 0 N–H and O–H groups in total. The summed E-state index contributed by atoms with van der Waals surface area (Å²) >= 11 is 0. The van der Waals surface area contributed by atoms with Crippen molar-refractivity contribution in [1.29, 1.82) is 0 Å². The third-order valence-corrected chi connectivity index (χ3v) is 6.00. The molecule has 3 aliphatic rings. The van der Waals surface area contributed by atoms with E-state index in [1.807, 2.05) is 13.2 Å². The first kappa shape index (κ1) is 16.2. The molecule has 2 fully saturated rings. The second kappa shape index (κ2) is 6.54. The lowest BCUT2D eigenvalue weighted by Gasteiger charge is -2.39. The van der Waals surface area contributed by atoms with Crippen LogP contribution >= 0.6 is 0 Å². The van der Waals surface area contributed by atoms with E-state index < -0.39 is 0 Å². The maximum absolute atomic E-state index is 5.49. The van der Waals surface area contributed by atoms with Gasteiger partial charge < -0.3 is 19.1 Å². The van der Waals surface area contributed by atoms with Crippen LogP contribution in [0.2, 0.25) is 0 Å². The summed E-state index contributed by atoms with van der Waals surface area (Å²) in [7, 11) is 4.06. The Morgan fingerprint density at radius 2 is 2.00 bits per heavy atom. The van der Waals surface area contributed by atoms with Crippen LogP contribution in [0.5, 0.6) is 11.5 Å². The minimum Gasteiger partial charge on any atom is -0.454 e. The molecule has 0 radical (unpaired) electrons. The van der Waals surface area contributed by atoms with Gasteiger partial charge in [0.25, 0.3) is 0 Å². The van der Waals surface area contributed by atoms with Crippen LogP contribution in [0.25, 0.3) is 0 Å². The average molecular weight is 332 g/mol. The SMILES string of the molecule is COC[C@H]1CC2(CCN(Cc3ccc4c(c3)OCO4)CC2)CN1C. The molecule has 1 atom stereocenters. The van der Waals surface area contributed by atoms with Crippen LogP contribution in [0.4, 0.5) is 0 Å². The molecule has 5 nitrogen and oxygen atoms in total. The standard InChI is InChI=1S/C19H28N2O3/c1-20-13-19(10-16(20)12-22-2)5-7-21(8-6-19)11-15-3-4-17-18(9-15)24-14-23-17/h3-4,9,16H,5-8,10-14H2,1-2H3/t16-/m1/s1. The highest BCUT2D eigenvalue weighted by Gasteiger charge is 2.43. The molecule has 24 heavy (non-hydrogen) atoms. The minimum atomic E-state index is 0.348. The Morgan fingerprint density at radius 1 is 1.21 bits per heavy atom. The lowest BCUT2D eigenvalue weighted by atomic mass is 9.76. The lowest BCUT2D eigenvalue weighted by Crippen LogP contribution is -2.40. The Kier molecular flexibility index (Phi) is 4.41. The summed E-state index contributed by atoms with van der Waals surface area (Å²) in [5, 5.41) is 0. The summed E-state index contributed by atoms with van der Waals surface area (Å²) < 4.78 is 16.3. The first-order chi connectivity index (χ1) is 11.7. The van der Waals surface area contributed by atoms with Crippen LogP contribution in [0, 0.1) is 5.41 Å². The molecule has 1 spiro atoms. The number of piperidine rings is 1. The van der Waals surface area contributed by atoms with Crippen molar-refractivity contribution in [1.82, 2.24) is 9.80 Å². The van der Waals surface area contributed by atoms with Crippen LogP contribution in [0.3, 0.4) is 0 Å². The zero-order chi connectivity index (χ0) is 16.6. The van der Waals surface area contributed by atoms with Crippen molar-refractivity contribution in [3.63, 3.8) is 0 Å². The lowest BCUT2D eigenvalue weighted by molar-refractivity contribution is 0.104. The maximum Gasteiger partial charge on any atom is 0.231 e. The summed E-state index contributed by atoms with van der Waals surface area (Å²) in [5.74, 6) is 1.76. The van der Waals surface area contributed by atoms with Crippen molar-refractivity contribution in [2.45, 2.75) is 31.8 Å². The number of benzene rings is 1. The minimum absolute atomic E-state index is 0.348. The van der Waals surface area contributed by atoms with Gasteiger partial charge in [-0.1, -0.05) is 6.07 Å². The van der Waals surface area contributed by atoms with E-state index in [2.05, 4.69) is 29.0 Å². The van der Waals surface area contributed by atoms with Crippen LogP contribution < -0.4 is 9.47 Å². The first-order valence-corrected chi connectivity index (χ1v) is 8.98. The average Bonchev–Trinajstić information content (AvgIpc) is 3.15. The quantitative estimate of drug-likeness (QED) is 0.845. The fraction of sp³-hybridized carbons (Fsp3) is 0.684. The number of ether oxygens (including phenoxy) is 3. The predicted octanol–water partition coefficient (Wildman–Crippen LogP) is 2.35. The monoisotopic (exact) mass is 332 g/mol. The normalized spacial score (nSPS) is 26.3. The van der Waals surface area contributed by atoms with E-state index in [4.69, 9.17) is 14.2 Å². The van der Waals surface area contributed by atoms with Gasteiger partial charge in [0.05, 0.1) is 6.61 Å². The van der Waals surface area contributed by atoms with Crippen molar-refractivity contribution in [2.24, 2.45) is 5.41 Å². The molecule has 132 valence electrons. The van der Waals surface area contributed by atoms with E-state index in [0.29, 0.717) is 18.2 Å². The highest BCUT2D eigenvalue weighted by molar-refractivity contribution is 5.44. The molecule has 3 aliphatic heterocycles. The van der Waals surface area contributed by atoms with Gasteiger partial charge in [-0.05, 0) is 62.5 Å². The van der Waals surface area contributed by atoms with Gasteiger partial charge in [-0.15, -0.1) is 0 Å². The maximum atomic E-state index is 5.49. The summed E-state index contributed by atoms with van der Waals surface area (Å²) in [6.07, 6.45) is 3.87. The fourth-order valence-corrected chi connectivity index (χ4v) is 4.60. The summed E-state index contributed by atoms with van der Waals surface area (Å²) in [5.41, 5.74) is 1.82. The second-order valence-electron chi connectivity index (χ2n) is 7.69. The van der Waals surface area contributed by atoms with Gasteiger partial charge in [-0.3, -0.25) is 4.90 Å². The number of nitrogens with zero attached hydrogens (tertiary/aromatic N) is 2.